The number of amidine groups is 1. The Labute approximate surface area is 369 Å². The number of hydrogen-bond acceptors (Lipinski definition) is 2. The van der Waals surface area contributed by atoms with Crippen molar-refractivity contribution in [2.45, 2.75) is 12.5 Å². The van der Waals surface area contributed by atoms with Gasteiger partial charge in [-0.3, -0.25) is 4.99 Å². The van der Waals surface area contributed by atoms with Gasteiger partial charge < -0.3 is 9.13 Å². The highest BCUT2D eigenvalue weighted by molar-refractivity contribution is 6.22. The van der Waals surface area contributed by atoms with Crippen molar-refractivity contribution >= 4 is 87.5 Å². The van der Waals surface area contributed by atoms with Gasteiger partial charge >= 0.3 is 0 Å². The van der Waals surface area contributed by atoms with Gasteiger partial charge in [0.25, 0.3) is 0 Å². The number of hydrogen-bond donors (Lipinski definition) is 0. The van der Waals surface area contributed by atoms with Gasteiger partial charge in [0.2, 0.25) is 0 Å². The maximum atomic E-state index is 5.54. The molecule has 4 nitrogen and oxygen atoms in total. The molecule has 2 aliphatic rings. The van der Waals surface area contributed by atoms with E-state index in [1.54, 1.807) is 0 Å². The van der Waals surface area contributed by atoms with Gasteiger partial charge in [0.1, 0.15) is 5.54 Å². The lowest BCUT2D eigenvalue weighted by molar-refractivity contribution is 0.656. The first-order valence-electron chi connectivity index (χ1n) is 22.3. The summed E-state index contributed by atoms with van der Waals surface area (Å²) in [4.78, 5) is 11.1. The molecule has 64 heavy (non-hydrogen) atoms. The standard InChI is InChI=1S/C60H40N4/c1-37-57-58(61-59(39-17-4-2-5-18-39)62-60(37,57)45-23-6-3-7-24-45)44-30-43-22-12-13-25-47(43)53(34-44)64-52-27-15-14-26-48(52)50-35-51-49-32-41-20-10-11-21-42(41)33-54(49)63(55(51)36-56(50)64)46-29-28-38-16-8-9-19-40(38)31-46/h2-37,57H,1H3. The highest BCUT2D eigenvalue weighted by Crippen LogP contribution is 2.64. The second-order valence-electron chi connectivity index (χ2n) is 17.8. The zero-order valence-electron chi connectivity index (χ0n) is 35.2. The lowest BCUT2D eigenvalue weighted by Crippen LogP contribution is -2.23. The van der Waals surface area contributed by atoms with Crippen molar-refractivity contribution in [2.75, 3.05) is 0 Å². The third-order valence-corrected chi connectivity index (χ3v) is 14.4. The van der Waals surface area contributed by atoms with E-state index in [9.17, 15) is 0 Å². The summed E-state index contributed by atoms with van der Waals surface area (Å²) in [5.74, 6) is 1.21. The van der Waals surface area contributed by atoms with Gasteiger partial charge in [-0.05, 0) is 98.6 Å². The molecule has 0 amide bonds. The Bertz CT molecular complexity index is 3980. The van der Waals surface area contributed by atoms with Crippen LogP contribution in [0.5, 0.6) is 0 Å². The molecule has 4 heteroatoms. The van der Waals surface area contributed by atoms with Crippen molar-refractivity contribution in [3.63, 3.8) is 0 Å². The van der Waals surface area contributed by atoms with Gasteiger partial charge in [-0.1, -0.05) is 165 Å². The molecule has 1 saturated carbocycles. The molecule has 0 spiro atoms. The molecular weight excluding hydrogens is 777 g/mol. The van der Waals surface area contributed by atoms with Crippen LogP contribution in [0, 0.1) is 11.8 Å². The fraction of sp³-hybridized carbons (Fsp3) is 0.0667. The van der Waals surface area contributed by atoms with E-state index < -0.39 is 0 Å². The molecule has 1 fully saturated rings. The molecule has 14 rings (SSSR count). The Balaban J connectivity index is 1.06. The summed E-state index contributed by atoms with van der Waals surface area (Å²) in [6.07, 6.45) is 0. The largest absolute Gasteiger partial charge is 0.309 e. The minimum absolute atomic E-state index is 0.141. The van der Waals surface area contributed by atoms with Crippen LogP contribution < -0.4 is 0 Å². The molecule has 1 aliphatic carbocycles. The number of rotatable bonds is 5. The fourth-order valence-corrected chi connectivity index (χ4v) is 11.4. The van der Waals surface area contributed by atoms with Crippen LogP contribution in [0.4, 0.5) is 0 Å². The molecule has 0 N–H and O–H groups in total. The third-order valence-electron chi connectivity index (χ3n) is 14.4. The first kappa shape index (κ1) is 35.5. The van der Waals surface area contributed by atoms with E-state index in [1.807, 2.05) is 0 Å². The Kier molecular flexibility index (Phi) is 7.33. The first-order valence-corrected chi connectivity index (χ1v) is 22.3. The third kappa shape index (κ3) is 4.99. The molecule has 2 aromatic heterocycles. The van der Waals surface area contributed by atoms with E-state index in [4.69, 9.17) is 9.98 Å². The van der Waals surface area contributed by atoms with Gasteiger partial charge in [0, 0.05) is 44.1 Å². The van der Waals surface area contributed by atoms with Crippen LogP contribution >= 0.6 is 0 Å². The number of nitrogens with zero attached hydrogens (tertiary/aromatic N) is 4. The van der Waals surface area contributed by atoms with Crippen molar-refractivity contribution in [1.29, 1.82) is 0 Å². The van der Waals surface area contributed by atoms with Crippen LogP contribution in [0.25, 0.3) is 87.3 Å². The van der Waals surface area contributed by atoms with E-state index in [1.165, 1.54) is 81.5 Å². The predicted octanol–water partition coefficient (Wildman–Crippen LogP) is 14.8. The summed E-state index contributed by atoms with van der Waals surface area (Å²) in [6, 6.07) is 77.9. The summed E-state index contributed by atoms with van der Waals surface area (Å²) in [7, 11) is 0. The fourth-order valence-electron chi connectivity index (χ4n) is 11.4. The monoisotopic (exact) mass is 816 g/mol. The number of aromatic nitrogens is 2. The van der Waals surface area contributed by atoms with Crippen LogP contribution in [0.1, 0.15) is 23.6 Å². The molecule has 3 heterocycles. The zero-order valence-corrected chi connectivity index (χ0v) is 35.2. The van der Waals surface area contributed by atoms with Gasteiger partial charge in [-0.15, -0.1) is 0 Å². The number of benzene rings is 10. The van der Waals surface area contributed by atoms with E-state index in [2.05, 4.69) is 228 Å². The Hall–Kier alpha value is -8.08. The minimum Gasteiger partial charge on any atom is -0.309 e. The lowest BCUT2D eigenvalue weighted by atomic mass is 9.93. The molecule has 3 unspecified atom stereocenters. The van der Waals surface area contributed by atoms with Gasteiger partial charge in [-0.25, -0.2) is 4.99 Å². The molecule has 3 atom stereocenters. The van der Waals surface area contributed by atoms with Crippen molar-refractivity contribution in [2.24, 2.45) is 21.8 Å². The molecule has 10 aromatic carbocycles. The molecular formula is C60H40N4. The summed E-state index contributed by atoms with van der Waals surface area (Å²) >= 11 is 0. The van der Waals surface area contributed by atoms with Gasteiger partial charge in [0.15, 0.2) is 5.84 Å². The van der Waals surface area contributed by atoms with Crippen LogP contribution in [-0.4, -0.2) is 20.7 Å². The summed E-state index contributed by atoms with van der Waals surface area (Å²) in [6.45, 7) is 2.35. The van der Waals surface area contributed by atoms with Crippen LogP contribution in [0.3, 0.4) is 0 Å². The normalized spacial score (nSPS) is 18.3. The summed E-state index contributed by atoms with van der Waals surface area (Å²) < 4.78 is 5.00. The van der Waals surface area contributed by atoms with E-state index in [0.717, 1.165) is 34.0 Å². The number of para-hydroxylation sites is 1. The maximum Gasteiger partial charge on any atom is 0.155 e. The smallest absolute Gasteiger partial charge is 0.155 e. The van der Waals surface area contributed by atoms with Gasteiger partial charge in [-0.2, -0.15) is 0 Å². The van der Waals surface area contributed by atoms with Crippen molar-refractivity contribution < 1.29 is 0 Å². The summed E-state index contributed by atoms with van der Waals surface area (Å²) in [5, 5.41) is 12.3. The second kappa shape index (κ2) is 13.2. The van der Waals surface area contributed by atoms with Crippen LogP contribution in [0.2, 0.25) is 0 Å². The topological polar surface area (TPSA) is 34.6 Å². The molecule has 300 valence electrons. The van der Waals surface area contributed by atoms with Crippen molar-refractivity contribution in [3.05, 3.63) is 229 Å². The second-order valence-corrected chi connectivity index (χ2v) is 17.8. The average molecular weight is 817 g/mol. The number of fused-ring (bicyclic) bond motifs is 10. The molecule has 0 saturated heterocycles. The number of aliphatic imine (C=N–C) groups is 2. The molecule has 0 radical (unpaired) electrons. The van der Waals surface area contributed by atoms with Crippen molar-refractivity contribution in [1.82, 2.24) is 9.13 Å². The minimum atomic E-state index is -0.380. The highest BCUT2D eigenvalue weighted by Gasteiger charge is 2.67. The van der Waals surface area contributed by atoms with E-state index >= 15 is 0 Å². The maximum absolute atomic E-state index is 5.54. The Morgan fingerprint density at radius 3 is 1.80 bits per heavy atom. The summed E-state index contributed by atoms with van der Waals surface area (Å²) in [5.41, 5.74) is 11.2. The molecule has 1 aliphatic heterocycles. The lowest BCUT2D eigenvalue weighted by Gasteiger charge is -2.22. The average Bonchev–Trinajstić information content (AvgIpc) is 3.67. The predicted molar refractivity (Wildman–Crippen MR) is 268 cm³/mol. The molecule has 12 aromatic rings. The highest BCUT2D eigenvalue weighted by atomic mass is 15.1. The van der Waals surface area contributed by atoms with E-state index in [-0.39, 0.29) is 17.4 Å². The van der Waals surface area contributed by atoms with Crippen LogP contribution in [-0.2, 0) is 5.54 Å². The van der Waals surface area contributed by atoms with Crippen molar-refractivity contribution in [3.8, 4) is 11.4 Å². The quantitative estimate of drug-likeness (QED) is 0.166. The van der Waals surface area contributed by atoms with E-state index in [0.29, 0.717) is 0 Å². The van der Waals surface area contributed by atoms with Gasteiger partial charge in [0.05, 0.1) is 33.5 Å². The SMILES string of the molecule is CC1C2C(c3cc(-n4c5ccccc5c5cc6c7cc8ccccc8cc7n(-c7ccc8ccccc8c7)c6cc54)c4ccccc4c3)=NC(c3ccccc3)=NC12c1ccccc1. The first-order chi connectivity index (χ1) is 31.6. The van der Waals surface area contributed by atoms with Crippen LogP contribution in [0.15, 0.2) is 222 Å². The zero-order chi connectivity index (χ0) is 42.1. The Morgan fingerprint density at radius 1 is 0.406 bits per heavy atom. The Morgan fingerprint density at radius 2 is 1.00 bits per heavy atom. The molecule has 0 bridgehead atoms.